The highest BCUT2D eigenvalue weighted by atomic mass is 32.2. The van der Waals surface area contributed by atoms with Gasteiger partial charge in [0.15, 0.2) is 0 Å². The number of likely N-dealkylation sites (tertiary alicyclic amines) is 1. The molecule has 1 saturated carbocycles. The number of rotatable bonds is 5. The van der Waals surface area contributed by atoms with Gasteiger partial charge in [-0.05, 0) is 55.2 Å². The third-order valence-corrected chi connectivity index (χ3v) is 8.65. The molecule has 0 radical (unpaired) electrons. The van der Waals surface area contributed by atoms with Gasteiger partial charge in [-0.2, -0.15) is 17.4 Å². The van der Waals surface area contributed by atoms with Gasteiger partial charge >= 0.3 is 0 Å². The maximum atomic E-state index is 13.0. The lowest BCUT2D eigenvalue weighted by Gasteiger charge is -2.39. The zero-order chi connectivity index (χ0) is 19.8. The molecule has 1 unspecified atom stereocenters. The molecule has 3 aliphatic rings. The highest BCUT2D eigenvalue weighted by molar-refractivity contribution is 7.87. The Kier molecular flexibility index (Phi) is 5.36. The van der Waals surface area contributed by atoms with Crippen LogP contribution in [0.1, 0.15) is 44.1 Å². The Hall–Kier alpha value is -1.48. The molecule has 0 amide bonds. The number of fused-ring (bicyclic) bond motifs is 3. The van der Waals surface area contributed by atoms with Gasteiger partial charge in [-0.15, -0.1) is 0 Å². The van der Waals surface area contributed by atoms with Crippen molar-refractivity contribution in [1.29, 1.82) is 0 Å². The standard InChI is InChI=1S/C21H31N5O2S/c27-29(28,26-10-3-1-2-4-11-26)24-20-16-7-8-17(20)14-25(13-16)15-18-12-23-21-19(18)6-5-9-22-21/h5-6,9,12,16-17,20,24H,1-4,7-8,10-11,13-15H2,(H,22,23)/t16-,17+,20?. The molecular weight excluding hydrogens is 386 g/mol. The van der Waals surface area contributed by atoms with Gasteiger partial charge < -0.3 is 4.98 Å². The van der Waals surface area contributed by atoms with Crippen molar-refractivity contribution < 1.29 is 8.42 Å². The summed E-state index contributed by atoms with van der Waals surface area (Å²) >= 11 is 0. The maximum Gasteiger partial charge on any atom is 0.279 e. The summed E-state index contributed by atoms with van der Waals surface area (Å²) in [4.78, 5) is 10.1. The van der Waals surface area contributed by atoms with Crippen LogP contribution in [-0.4, -0.2) is 59.8 Å². The van der Waals surface area contributed by atoms with E-state index < -0.39 is 10.2 Å². The van der Waals surface area contributed by atoms with E-state index in [0.29, 0.717) is 24.9 Å². The second-order valence-corrected chi connectivity index (χ2v) is 10.7. The molecule has 2 saturated heterocycles. The SMILES string of the molecule is O=S(=O)(NC1[C@@H]2CC[C@H]1CN(Cc1c[nH]c3ncccc13)C2)N1CCCCCC1. The van der Waals surface area contributed by atoms with Crippen LogP contribution in [0.25, 0.3) is 11.0 Å². The molecule has 5 rings (SSSR count). The summed E-state index contributed by atoms with van der Waals surface area (Å²) in [7, 11) is -3.38. The number of H-pyrrole nitrogens is 1. The molecule has 2 aliphatic heterocycles. The highest BCUT2D eigenvalue weighted by Crippen LogP contribution is 2.38. The summed E-state index contributed by atoms with van der Waals surface area (Å²) in [5.74, 6) is 0.803. The van der Waals surface area contributed by atoms with E-state index in [1.807, 2.05) is 12.3 Å². The third kappa shape index (κ3) is 3.95. The summed E-state index contributed by atoms with van der Waals surface area (Å²) in [6.07, 6.45) is 10.3. The fourth-order valence-electron chi connectivity index (χ4n) is 5.55. The maximum absolute atomic E-state index is 13.0. The molecule has 3 fully saturated rings. The molecule has 0 spiro atoms. The Morgan fingerprint density at radius 3 is 2.55 bits per heavy atom. The second kappa shape index (κ2) is 7.98. The lowest BCUT2D eigenvalue weighted by atomic mass is 9.93. The van der Waals surface area contributed by atoms with E-state index in [1.54, 1.807) is 4.31 Å². The van der Waals surface area contributed by atoms with Gasteiger partial charge in [0.1, 0.15) is 5.65 Å². The van der Waals surface area contributed by atoms with Crippen LogP contribution in [-0.2, 0) is 16.8 Å². The monoisotopic (exact) mass is 417 g/mol. The molecule has 1 aliphatic carbocycles. The lowest BCUT2D eigenvalue weighted by Crippen LogP contribution is -2.55. The van der Waals surface area contributed by atoms with Crippen molar-refractivity contribution in [1.82, 2.24) is 23.9 Å². The van der Waals surface area contributed by atoms with Crippen LogP contribution < -0.4 is 4.72 Å². The van der Waals surface area contributed by atoms with E-state index in [2.05, 4.69) is 31.9 Å². The fraction of sp³-hybridized carbons (Fsp3) is 0.667. The molecule has 2 bridgehead atoms. The van der Waals surface area contributed by atoms with Gasteiger partial charge in [-0.25, -0.2) is 4.98 Å². The van der Waals surface area contributed by atoms with Crippen molar-refractivity contribution in [2.45, 2.75) is 51.1 Å². The Morgan fingerprint density at radius 1 is 1.10 bits per heavy atom. The molecule has 8 heteroatoms. The minimum atomic E-state index is -3.38. The first-order chi connectivity index (χ1) is 14.1. The lowest BCUT2D eigenvalue weighted by molar-refractivity contribution is 0.133. The Balaban J connectivity index is 1.25. The van der Waals surface area contributed by atoms with E-state index in [0.717, 1.165) is 63.8 Å². The van der Waals surface area contributed by atoms with Crippen molar-refractivity contribution in [3.8, 4) is 0 Å². The predicted octanol–water partition coefficient (Wildman–Crippen LogP) is 2.48. The average Bonchev–Trinajstić information content (AvgIpc) is 3.06. The van der Waals surface area contributed by atoms with Gasteiger partial charge in [0.25, 0.3) is 10.2 Å². The number of pyridine rings is 1. The third-order valence-electron chi connectivity index (χ3n) is 7.03. The summed E-state index contributed by atoms with van der Waals surface area (Å²) in [6.45, 7) is 4.13. The average molecular weight is 418 g/mol. The molecule has 0 aromatic carbocycles. The number of nitrogens with one attached hydrogen (secondary N) is 2. The zero-order valence-electron chi connectivity index (χ0n) is 16.9. The first-order valence-electron chi connectivity index (χ1n) is 11.0. The van der Waals surface area contributed by atoms with E-state index in [1.165, 1.54) is 10.9 Å². The summed E-state index contributed by atoms with van der Waals surface area (Å²) in [5, 5.41) is 1.18. The molecule has 2 N–H and O–H groups in total. The van der Waals surface area contributed by atoms with E-state index in [9.17, 15) is 8.42 Å². The van der Waals surface area contributed by atoms with Crippen molar-refractivity contribution in [3.63, 3.8) is 0 Å². The van der Waals surface area contributed by atoms with Crippen LogP contribution in [0.4, 0.5) is 0 Å². The van der Waals surface area contributed by atoms with Gasteiger partial charge in [0.2, 0.25) is 0 Å². The molecule has 7 nitrogen and oxygen atoms in total. The number of nitrogens with zero attached hydrogens (tertiary/aromatic N) is 3. The smallest absolute Gasteiger partial charge is 0.279 e. The Bertz CT molecular complexity index is 937. The molecule has 4 heterocycles. The van der Waals surface area contributed by atoms with E-state index in [-0.39, 0.29) is 6.04 Å². The van der Waals surface area contributed by atoms with Gasteiger partial charge in [0.05, 0.1) is 0 Å². The first-order valence-corrected chi connectivity index (χ1v) is 12.4. The molecular formula is C21H31N5O2S. The first kappa shape index (κ1) is 19.5. The van der Waals surface area contributed by atoms with Crippen molar-refractivity contribution in [2.24, 2.45) is 11.8 Å². The summed E-state index contributed by atoms with van der Waals surface area (Å²) < 4.78 is 30.8. The molecule has 2 aromatic rings. The van der Waals surface area contributed by atoms with Crippen LogP contribution in [0.2, 0.25) is 0 Å². The van der Waals surface area contributed by atoms with Crippen molar-refractivity contribution >= 4 is 21.2 Å². The predicted molar refractivity (Wildman–Crippen MR) is 113 cm³/mol. The van der Waals surface area contributed by atoms with E-state index in [4.69, 9.17) is 0 Å². The molecule has 2 aromatic heterocycles. The van der Waals surface area contributed by atoms with Crippen LogP contribution in [0, 0.1) is 11.8 Å². The van der Waals surface area contributed by atoms with Crippen molar-refractivity contribution in [3.05, 3.63) is 30.1 Å². The van der Waals surface area contributed by atoms with Crippen LogP contribution >= 0.6 is 0 Å². The highest BCUT2D eigenvalue weighted by Gasteiger charge is 2.44. The molecule has 3 atom stereocenters. The largest absolute Gasteiger partial charge is 0.346 e. The van der Waals surface area contributed by atoms with Crippen LogP contribution in [0.15, 0.2) is 24.5 Å². The van der Waals surface area contributed by atoms with Gasteiger partial charge in [-0.3, -0.25) is 4.90 Å². The van der Waals surface area contributed by atoms with Gasteiger partial charge in [0, 0.05) is 56.5 Å². The Labute approximate surface area is 173 Å². The van der Waals surface area contributed by atoms with Crippen LogP contribution in [0.5, 0.6) is 0 Å². The van der Waals surface area contributed by atoms with E-state index >= 15 is 0 Å². The van der Waals surface area contributed by atoms with Crippen molar-refractivity contribution in [2.75, 3.05) is 26.2 Å². The second-order valence-electron chi connectivity index (χ2n) is 8.97. The minimum absolute atomic E-state index is 0.0872. The Morgan fingerprint density at radius 2 is 1.83 bits per heavy atom. The quantitative estimate of drug-likeness (QED) is 0.783. The zero-order valence-corrected chi connectivity index (χ0v) is 17.7. The normalized spacial score (nSPS) is 29.3. The number of aromatic amines is 1. The fourth-order valence-corrected chi connectivity index (χ4v) is 7.17. The topological polar surface area (TPSA) is 81.3 Å². The number of hydrogen-bond donors (Lipinski definition) is 2. The number of piperidine rings is 1. The molecule has 29 heavy (non-hydrogen) atoms. The number of aromatic nitrogens is 2. The summed E-state index contributed by atoms with van der Waals surface area (Å²) in [5.41, 5.74) is 2.21. The molecule has 158 valence electrons. The minimum Gasteiger partial charge on any atom is -0.346 e. The van der Waals surface area contributed by atoms with Crippen LogP contribution in [0.3, 0.4) is 0 Å². The summed E-state index contributed by atoms with van der Waals surface area (Å²) in [6, 6.07) is 4.18. The van der Waals surface area contributed by atoms with Gasteiger partial charge in [-0.1, -0.05) is 12.8 Å². The number of hydrogen-bond acceptors (Lipinski definition) is 4.